The first-order chi connectivity index (χ1) is 16.1. The molecule has 34 heavy (non-hydrogen) atoms. The maximum atomic E-state index is 12.7. The third-order valence-corrected chi connectivity index (χ3v) is 5.05. The maximum Gasteiger partial charge on any atom is 0.326 e. The number of amides is 3. The van der Waals surface area contributed by atoms with E-state index < -0.39 is 48.2 Å². The minimum atomic E-state index is -1.39. The molecule has 2 aromatic rings. The van der Waals surface area contributed by atoms with Gasteiger partial charge in [0.2, 0.25) is 17.7 Å². The minimum Gasteiger partial charge on any atom is -0.480 e. The molecule has 0 radical (unpaired) electrons. The molecule has 13 nitrogen and oxygen atoms in total. The number of carbonyl (C=O) groups excluding carboxylic acids is 3. The predicted molar refractivity (Wildman–Crippen MR) is 125 cm³/mol. The van der Waals surface area contributed by atoms with E-state index in [2.05, 4.69) is 20.6 Å². The van der Waals surface area contributed by atoms with Crippen molar-refractivity contribution in [1.29, 1.82) is 0 Å². The van der Waals surface area contributed by atoms with E-state index in [1.807, 2.05) is 24.3 Å². The van der Waals surface area contributed by atoms with Crippen molar-refractivity contribution in [3.63, 3.8) is 0 Å². The normalized spacial score (nSPS) is 13.4. The number of aliphatic imine (C=N–C) groups is 1. The van der Waals surface area contributed by atoms with E-state index in [1.54, 1.807) is 6.20 Å². The number of nitrogens with one attached hydrogen (secondary N) is 3. The average molecular weight is 475 g/mol. The van der Waals surface area contributed by atoms with E-state index >= 15 is 0 Å². The zero-order valence-corrected chi connectivity index (χ0v) is 18.5. The van der Waals surface area contributed by atoms with Crippen molar-refractivity contribution < 1.29 is 24.3 Å². The predicted octanol–water partition coefficient (Wildman–Crippen LogP) is -1.98. The molecule has 3 amide bonds. The SMILES string of the molecule is NC(=O)C[C@H](NC(=O)[C@@H](N)Cc1c[nH]c2ccccc12)C(=O)N[C@@H](CCCN=C(N)N)C(=O)O. The number of H-pyrrole nitrogens is 1. The molecule has 1 aromatic heterocycles. The van der Waals surface area contributed by atoms with Crippen LogP contribution in [0.1, 0.15) is 24.8 Å². The number of nitrogens with zero attached hydrogens (tertiary/aromatic N) is 1. The smallest absolute Gasteiger partial charge is 0.326 e. The Bertz CT molecular complexity index is 1060. The topological polar surface area (TPSA) is 245 Å². The van der Waals surface area contributed by atoms with Gasteiger partial charge in [0.1, 0.15) is 12.1 Å². The number of carboxylic acid groups (broad SMARTS) is 1. The Morgan fingerprint density at radius 3 is 2.35 bits per heavy atom. The Balaban J connectivity index is 2.02. The lowest BCUT2D eigenvalue weighted by Gasteiger charge is -2.22. The van der Waals surface area contributed by atoms with Gasteiger partial charge in [0.05, 0.1) is 12.5 Å². The largest absolute Gasteiger partial charge is 0.480 e. The summed E-state index contributed by atoms with van der Waals surface area (Å²) in [5.41, 5.74) is 23.4. The zero-order chi connectivity index (χ0) is 25.3. The lowest BCUT2D eigenvalue weighted by Crippen LogP contribution is -2.55. The van der Waals surface area contributed by atoms with Crippen LogP contribution in [0.4, 0.5) is 0 Å². The van der Waals surface area contributed by atoms with Crippen molar-refractivity contribution in [3.8, 4) is 0 Å². The van der Waals surface area contributed by atoms with Crippen LogP contribution < -0.4 is 33.6 Å². The molecule has 3 atom stereocenters. The number of primary amides is 1. The molecule has 0 saturated heterocycles. The van der Waals surface area contributed by atoms with Gasteiger partial charge in [0, 0.05) is 23.6 Å². The molecule has 12 N–H and O–H groups in total. The van der Waals surface area contributed by atoms with Gasteiger partial charge >= 0.3 is 5.97 Å². The lowest BCUT2D eigenvalue weighted by molar-refractivity contribution is -0.142. The third kappa shape index (κ3) is 7.78. The quantitative estimate of drug-likeness (QED) is 0.0915. The number of para-hydroxylation sites is 1. The Labute approximate surface area is 195 Å². The summed E-state index contributed by atoms with van der Waals surface area (Å²) < 4.78 is 0. The molecule has 1 heterocycles. The number of nitrogens with two attached hydrogens (primary N) is 4. The van der Waals surface area contributed by atoms with Crippen LogP contribution in [0.5, 0.6) is 0 Å². The number of aromatic nitrogens is 1. The first kappa shape index (κ1) is 26.1. The van der Waals surface area contributed by atoms with Crippen molar-refractivity contribution in [2.45, 2.75) is 43.8 Å². The van der Waals surface area contributed by atoms with Gasteiger partial charge < -0.3 is 43.7 Å². The second kappa shape index (κ2) is 12.2. The van der Waals surface area contributed by atoms with E-state index in [-0.39, 0.29) is 31.8 Å². The number of carboxylic acids is 1. The van der Waals surface area contributed by atoms with Crippen LogP contribution in [0.2, 0.25) is 0 Å². The van der Waals surface area contributed by atoms with Gasteiger partial charge in [-0.1, -0.05) is 18.2 Å². The molecule has 0 aliphatic heterocycles. The lowest BCUT2D eigenvalue weighted by atomic mass is 10.0. The second-order valence-electron chi connectivity index (χ2n) is 7.75. The molecule has 0 spiro atoms. The summed E-state index contributed by atoms with van der Waals surface area (Å²) in [6, 6.07) is 3.79. The Kier molecular flexibility index (Phi) is 9.38. The van der Waals surface area contributed by atoms with Crippen LogP contribution in [0.15, 0.2) is 35.5 Å². The van der Waals surface area contributed by atoms with Crippen molar-refractivity contribution in [3.05, 3.63) is 36.0 Å². The van der Waals surface area contributed by atoms with Crippen molar-refractivity contribution in [2.24, 2.45) is 27.9 Å². The second-order valence-corrected chi connectivity index (χ2v) is 7.75. The number of benzene rings is 1. The maximum absolute atomic E-state index is 12.7. The van der Waals surface area contributed by atoms with Crippen molar-refractivity contribution in [1.82, 2.24) is 15.6 Å². The van der Waals surface area contributed by atoms with Gasteiger partial charge in [-0.2, -0.15) is 0 Å². The molecular formula is C21H30N8O5. The van der Waals surface area contributed by atoms with Crippen molar-refractivity contribution >= 4 is 40.6 Å². The molecule has 184 valence electrons. The van der Waals surface area contributed by atoms with Crippen molar-refractivity contribution in [2.75, 3.05) is 6.54 Å². The van der Waals surface area contributed by atoms with E-state index in [4.69, 9.17) is 22.9 Å². The number of aliphatic carboxylic acids is 1. The van der Waals surface area contributed by atoms with Gasteiger partial charge in [-0.15, -0.1) is 0 Å². The van der Waals surface area contributed by atoms with Crippen LogP contribution in [0, 0.1) is 0 Å². The third-order valence-electron chi connectivity index (χ3n) is 5.05. The standard InChI is InChI=1S/C21H30N8O5/c22-13(8-11-10-27-14-5-2-1-4-12(11)14)18(31)29-16(9-17(23)30)19(32)28-15(20(33)34)6-3-7-26-21(24)25/h1-2,4-5,10,13,15-16,27H,3,6-9,22H2,(H2,23,30)(H,28,32)(H,29,31)(H,33,34)(H4,24,25,26)/t13-,15-,16-/m0/s1. The molecule has 0 aliphatic carbocycles. The van der Waals surface area contributed by atoms with E-state index in [1.165, 1.54) is 0 Å². The van der Waals surface area contributed by atoms with Gasteiger partial charge in [-0.3, -0.25) is 19.4 Å². The van der Waals surface area contributed by atoms with Gasteiger partial charge in [0.25, 0.3) is 0 Å². The van der Waals surface area contributed by atoms with Crippen LogP contribution >= 0.6 is 0 Å². The molecule has 1 aromatic carbocycles. The van der Waals surface area contributed by atoms with Gasteiger partial charge in [-0.05, 0) is 30.9 Å². The fourth-order valence-electron chi connectivity index (χ4n) is 3.35. The fourth-order valence-corrected chi connectivity index (χ4v) is 3.35. The highest BCUT2D eigenvalue weighted by atomic mass is 16.4. The minimum absolute atomic E-state index is 0.0230. The monoisotopic (exact) mass is 474 g/mol. The molecule has 2 rings (SSSR count). The number of aromatic amines is 1. The molecule has 0 unspecified atom stereocenters. The highest BCUT2D eigenvalue weighted by Crippen LogP contribution is 2.18. The van der Waals surface area contributed by atoms with Crippen LogP contribution in [0.3, 0.4) is 0 Å². The number of rotatable bonds is 13. The van der Waals surface area contributed by atoms with E-state index in [0.29, 0.717) is 0 Å². The Morgan fingerprint density at radius 1 is 1.03 bits per heavy atom. The summed E-state index contributed by atoms with van der Waals surface area (Å²) in [6.07, 6.45) is 1.68. The number of hydrogen-bond acceptors (Lipinski definition) is 6. The summed E-state index contributed by atoms with van der Waals surface area (Å²) in [5, 5.41) is 15.0. The zero-order valence-electron chi connectivity index (χ0n) is 18.5. The number of carbonyl (C=O) groups is 4. The summed E-state index contributed by atoms with van der Waals surface area (Å²) >= 11 is 0. The fraction of sp³-hybridized carbons (Fsp3) is 0.381. The summed E-state index contributed by atoms with van der Waals surface area (Å²) in [5.74, 6) is -3.85. The first-order valence-corrected chi connectivity index (χ1v) is 10.6. The highest BCUT2D eigenvalue weighted by molar-refractivity contribution is 5.95. The number of guanidine groups is 1. The molecule has 0 saturated carbocycles. The molecule has 0 aliphatic rings. The average Bonchev–Trinajstić information content (AvgIpc) is 3.17. The Morgan fingerprint density at radius 2 is 1.71 bits per heavy atom. The Hall–Kier alpha value is -4.13. The summed E-state index contributed by atoms with van der Waals surface area (Å²) in [4.78, 5) is 55.2. The van der Waals surface area contributed by atoms with Gasteiger partial charge in [0.15, 0.2) is 5.96 Å². The summed E-state index contributed by atoms with van der Waals surface area (Å²) in [6.45, 7) is 0.173. The number of hydrogen-bond donors (Lipinski definition) is 8. The van der Waals surface area contributed by atoms with E-state index in [0.717, 1.165) is 16.5 Å². The molecular weight excluding hydrogens is 444 g/mol. The van der Waals surface area contributed by atoms with Crippen LogP contribution in [0.25, 0.3) is 10.9 Å². The molecule has 13 heteroatoms. The highest BCUT2D eigenvalue weighted by Gasteiger charge is 2.29. The van der Waals surface area contributed by atoms with E-state index in [9.17, 15) is 24.3 Å². The van der Waals surface area contributed by atoms with Crippen LogP contribution in [-0.2, 0) is 25.6 Å². The molecule has 0 bridgehead atoms. The summed E-state index contributed by atoms with van der Waals surface area (Å²) in [7, 11) is 0. The van der Waals surface area contributed by atoms with Crippen LogP contribution in [-0.4, -0.2) is 64.4 Å². The molecule has 0 fully saturated rings. The first-order valence-electron chi connectivity index (χ1n) is 10.6. The number of fused-ring (bicyclic) bond motifs is 1. The van der Waals surface area contributed by atoms with Gasteiger partial charge in [-0.25, -0.2) is 4.79 Å².